The van der Waals surface area contributed by atoms with Crippen molar-refractivity contribution in [3.8, 4) is 0 Å². The van der Waals surface area contributed by atoms with Gasteiger partial charge in [-0.1, -0.05) is 17.7 Å². The average Bonchev–Trinajstić information content (AvgIpc) is 3.14. The largest absolute Gasteiger partial charge is 0.440 e. The van der Waals surface area contributed by atoms with E-state index in [-0.39, 0.29) is 5.56 Å². The molecular weight excluding hydrogens is 386 g/mol. The molecule has 1 aliphatic heterocycles. The molecule has 148 valence electrons. The normalized spacial score (nSPS) is 15.5. The maximum absolute atomic E-state index is 12.5. The van der Waals surface area contributed by atoms with Crippen molar-refractivity contribution >= 4 is 39.3 Å². The van der Waals surface area contributed by atoms with Crippen LogP contribution in [0.15, 0.2) is 51.7 Å². The molecule has 1 fully saturated rings. The van der Waals surface area contributed by atoms with Crippen LogP contribution in [0.1, 0.15) is 30.2 Å². The summed E-state index contributed by atoms with van der Waals surface area (Å²) in [6, 6.07) is 13.6. The summed E-state index contributed by atoms with van der Waals surface area (Å²) in [5, 5.41) is 1.68. The molecule has 29 heavy (non-hydrogen) atoms. The van der Waals surface area contributed by atoms with Crippen molar-refractivity contribution in [2.75, 3.05) is 18.0 Å². The third-order valence-corrected chi connectivity index (χ3v) is 6.17. The van der Waals surface area contributed by atoms with Gasteiger partial charge in [-0.3, -0.25) is 4.79 Å². The lowest BCUT2D eigenvalue weighted by molar-refractivity contribution is 0.407. The topological polar surface area (TPSA) is 51.3 Å². The standard InChI is InChI=1S/C23H22ClN3O2/c1-14-3-6-21-18(11-14)25-23(29-21)15-7-9-27(10-8-15)20-13-22(28)26(2)19-12-16(24)4-5-17(19)20/h3-6,11-13,15H,7-10H2,1-2H3. The summed E-state index contributed by atoms with van der Waals surface area (Å²) in [5.74, 6) is 1.12. The lowest BCUT2D eigenvalue weighted by Gasteiger charge is -2.33. The second-order valence-electron chi connectivity index (χ2n) is 7.87. The molecule has 0 aliphatic carbocycles. The number of aryl methyl sites for hydroxylation is 2. The number of anilines is 1. The lowest BCUT2D eigenvalue weighted by atomic mass is 9.96. The molecule has 0 spiro atoms. The van der Waals surface area contributed by atoms with Gasteiger partial charge in [-0.25, -0.2) is 4.98 Å². The van der Waals surface area contributed by atoms with E-state index in [1.54, 1.807) is 17.7 Å². The number of hydrogen-bond donors (Lipinski definition) is 0. The van der Waals surface area contributed by atoms with Crippen molar-refractivity contribution in [2.45, 2.75) is 25.7 Å². The fourth-order valence-corrected chi connectivity index (χ4v) is 4.43. The van der Waals surface area contributed by atoms with E-state index in [0.717, 1.165) is 59.5 Å². The zero-order valence-electron chi connectivity index (χ0n) is 16.5. The first-order chi connectivity index (χ1) is 14.0. The molecule has 5 nitrogen and oxygen atoms in total. The van der Waals surface area contributed by atoms with Gasteiger partial charge in [0, 0.05) is 42.5 Å². The van der Waals surface area contributed by atoms with Crippen LogP contribution in [0.4, 0.5) is 5.69 Å². The molecule has 1 aliphatic rings. The SMILES string of the molecule is Cc1ccc2oc(C3CCN(c4cc(=O)n(C)c5cc(Cl)ccc45)CC3)nc2c1. The number of aromatic nitrogens is 2. The van der Waals surface area contributed by atoms with E-state index < -0.39 is 0 Å². The Bertz CT molecular complexity index is 1280. The highest BCUT2D eigenvalue weighted by atomic mass is 35.5. The number of fused-ring (bicyclic) bond motifs is 2. The molecule has 0 amide bonds. The highest BCUT2D eigenvalue weighted by Crippen LogP contribution is 2.34. The molecule has 0 atom stereocenters. The van der Waals surface area contributed by atoms with Crippen molar-refractivity contribution in [1.29, 1.82) is 0 Å². The molecule has 0 unspecified atom stereocenters. The van der Waals surface area contributed by atoms with Gasteiger partial charge in [0.25, 0.3) is 5.56 Å². The van der Waals surface area contributed by atoms with Crippen molar-refractivity contribution in [2.24, 2.45) is 7.05 Å². The molecular formula is C23H22ClN3O2. The Morgan fingerprint density at radius 1 is 1.10 bits per heavy atom. The second kappa shape index (κ2) is 6.92. The van der Waals surface area contributed by atoms with Crippen LogP contribution in [-0.2, 0) is 7.05 Å². The second-order valence-corrected chi connectivity index (χ2v) is 8.31. The van der Waals surface area contributed by atoms with Gasteiger partial charge in [0.15, 0.2) is 11.5 Å². The summed E-state index contributed by atoms with van der Waals surface area (Å²) in [7, 11) is 1.78. The Balaban J connectivity index is 1.43. The number of rotatable bonds is 2. The Morgan fingerprint density at radius 3 is 2.69 bits per heavy atom. The van der Waals surface area contributed by atoms with Crippen molar-refractivity contribution in [3.63, 3.8) is 0 Å². The molecule has 2 aromatic heterocycles. The van der Waals surface area contributed by atoms with Crippen LogP contribution in [0.25, 0.3) is 22.0 Å². The summed E-state index contributed by atoms with van der Waals surface area (Å²) in [4.78, 5) is 19.5. The summed E-state index contributed by atoms with van der Waals surface area (Å²) >= 11 is 6.16. The molecule has 2 aromatic carbocycles. The van der Waals surface area contributed by atoms with Crippen LogP contribution < -0.4 is 10.5 Å². The van der Waals surface area contributed by atoms with E-state index in [1.165, 1.54) is 5.56 Å². The predicted molar refractivity (Wildman–Crippen MR) is 117 cm³/mol. The van der Waals surface area contributed by atoms with Crippen molar-refractivity contribution < 1.29 is 4.42 Å². The summed E-state index contributed by atoms with van der Waals surface area (Å²) in [6.07, 6.45) is 1.88. The maximum atomic E-state index is 12.5. The smallest absolute Gasteiger partial charge is 0.252 e. The third-order valence-electron chi connectivity index (χ3n) is 5.93. The Hall–Kier alpha value is -2.79. The van der Waals surface area contributed by atoms with Crippen molar-refractivity contribution in [1.82, 2.24) is 9.55 Å². The van der Waals surface area contributed by atoms with Crippen LogP contribution in [0.2, 0.25) is 5.02 Å². The molecule has 0 N–H and O–H groups in total. The van der Waals surface area contributed by atoms with Crippen molar-refractivity contribution in [3.05, 3.63) is 69.3 Å². The van der Waals surface area contributed by atoms with Gasteiger partial charge in [-0.15, -0.1) is 0 Å². The maximum Gasteiger partial charge on any atom is 0.252 e. The van der Waals surface area contributed by atoms with Crippen LogP contribution in [-0.4, -0.2) is 22.6 Å². The fourth-order valence-electron chi connectivity index (χ4n) is 4.27. The van der Waals surface area contributed by atoms with Gasteiger partial charge in [-0.05, 0) is 55.7 Å². The zero-order chi connectivity index (χ0) is 20.1. The monoisotopic (exact) mass is 407 g/mol. The Labute approximate surface area is 173 Å². The number of nitrogens with zero attached hydrogens (tertiary/aromatic N) is 3. The lowest BCUT2D eigenvalue weighted by Crippen LogP contribution is -2.34. The summed E-state index contributed by atoms with van der Waals surface area (Å²) in [5.41, 5.74) is 4.78. The number of piperidine rings is 1. The van der Waals surface area contributed by atoms with E-state index in [0.29, 0.717) is 10.9 Å². The minimum Gasteiger partial charge on any atom is -0.440 e. The van der Waals surface area contributed by atoms with Gasteiger partial charge in [0.1, 0.15) is 5.52 Å². The minimum absolute atomic E-state index is 0.0220. The van der Waals surface area contributed by atoms with Gasteiger partial charge in [0.05, 0.1) is 11.2 Å². The third kappa shape index (κ3) is 3.19. The number of halogens is 1. The Kier molecular flexibility index (Phi) is 4.36. The molecule has 0 radical (unpaired) electrons. The first-order valence-electron chi connectivity index (χ1n) is 9.91. The van der Waals surface area contributed by atoms with Crippen LogP contribution in [0.3, 0.4) is 0 Å². The van der Waals surface area contributed by atoms with Gasteiger partial charge in [-0.2, -0.15) is 0 Å². The highest BCUT2D eigenvalue weighted by molar-refractivity contribution is 6.31. The summed E-state index contributed by atoms with van der Waals surface area (Å²) < 4.78 is 7.67. The molecule has 5 rings (SSSR count). The molecule has 1 saturated heterocycles. The Morgan fingerprint density at radius 2 is 1.90 bits per heavy atom. The van der Waals surface area contributed by atoms with E-state index in [2.05, 4.69) is 17.9 Å². The average molecular weight is 408 g/mol. The quantitative estimate of drug-likeness (QED) is 0.468. The molecule has 4 aromatic rings. The zero-order valence-corrected chi connectivity index (χ0v) is 17.2. The van der Waals surface area contributed by atoms with E-state index in [9.17, 15) is 4.79 Å². The van der Waals surface area contributed by atoms with Crippen LogP contribution >= 0.6 is 11.6 Å². The minimum atomic E-state index is -0.0220. The van der Waals surface area contributed by atoms with E-state index >= 15 is 0 Å². The molecule has 6 heteroatoms. The fraction of sp³-hybridized carbons (Fsp3) is 0.304. The molecule has 0 saturated carbocycles. The summed E-state index contributed by atoms with van der Waals surface area (Å²) in [6.45, 7) is 3.77. The molecule has 0 bridgehead atoms. The number of hydrogen-bond acceptors (Lipinski definition) is 4. The van der Waals surface area contributed by atoms with E-state index in [4.69, 9.17) is 21.0 Å². The van der Waals surface area contributed by atoms with Crippen LogP contribution in [0, 0.1) is 6.92 Å². The number of pyridine rings is 1. The molecule has 3 heterocycles. The number of benzene rings is 2. The van der Waals surface area contributed by atoms with Gasteiger partial charge < -0.3 is 13.9 Å². The van der Waals surface area contributed by atoms with Gasteiger partial charge in [0.2, 0.25) is 0 Å². The van der Waals surface area contributed by atoms with E-state index in [1.807, 2.05) is 30.3 Å². The van der Waals surface area contributed by atoms with Crippen LogP contribution in [0.5, 0.6) is 0 Å². The first-order valence-corrected chi connectivity index (χ1v) is 10.3. The van der Waals surface area contributed by atoms with Gasteiger partial charge >= 0.3 is 0 Å². The number of oxazole rings is 1. The first kappa shape index (κ1) is 18.3. The predicted octanol–water partition coefficient (Wildman–Crippen LogP) is 5.03. The highest BCUT2D eigenvalue weighted by Gasteiger charge is 2.26.